The number of aliphatic hydroxyl groups excluding tert-OH is 1. The molecule has 2 atom stereocenters. The molecule has 1 aromatic rings. The molecule has 0 bridgehead atoms. The van der Waals surface area contributed by atoms with E-state index in [0.717, 1.165) is 18.8 Å². The summed E-state index contributed by atoms with van der Waals surface area (Å²) in [4.78, 5) is 0. The van der Waals surface area contributed by atoms with Crippen molar-refractivity contribution in [1.29, 1.82) is 0 Å². The first-order valence-corrected chi connectivity index (χ1v) is 6.27. The molecule has 0 spiro atoms. The second kappa shape index (κ2) is 7.30. The number of hydrogen-bond donors (Lipinski definition) is 2. The third-order valence-electron chi connectivity index (χ3n) is 2.66. The van der Waals surface area contributed by atoms with Crippen LogP contribution in [0.5, 0.6) is 5.75 Å². The molecule has 2 N–H and O–H groups in total. The highest BCUT2D eigenvalue weighted by atomic mass is 16.5. The summed E-state index contributed by atoms with van der Waals surface area (Å²) in [5, 5.41) is 12.3. The van der Waals surface area contributed by atoms with Gasteiger partial charge in [0.15, 0.2) is 0 Å². The standard InChI is InChI=1S/C14H23NO2/c1-4-9-17-14-7-5-13(6-8-14)12(3)15-11(2)10-16/h5-8,11-12,15-16H,4,9-10H2,1-3H3/t11-,12?/m1/s1. The van der Waals surface area contributed by atoms with Crippen molar-refractivity contribution >= 4 is 0 Å². The minimum absolute atomic E-state index is 0.112. The van der Waals surface area contributed by atoms with Gasteiger partial charge in [0.05, 0.1) is 13.2 Å². The summed E-state index contributed by atoms with van der Waals surface area (Å²) < 4.78 is 5.53. The second-order valence-corrected chi connectivity index (χ2v) is 4.39. The highest BCUT2D eigenvalue weighted by Gasteiger charge is 2.08. The third-order valence-corrected chi connectivity index (χ3v) is 2.66. The Hall–Kier alpha value is -1.06. The van der Waals surface area contributed by atoms with Crippen molar-refractivity contribution < 1.29 is 9.84 Å². The Morgan fingerprint density at radius 2 is 1.88 bits per heavy atom. The van der Waals surface area contributed by atoms with Crippen LogP contribution in [0.3, 0.4) is 0 Å². The van der Waals surface area contributed by atoms with Crippen molar-refractivity contribution in [2.45, 2.75) is 39.3 Å². The van der Waals surface area contributed by atoms with Crippen LogP contribution in [-0.2, 0) is 0 Å². The van der Waals surface area contributed by atoms with E-state index in [4.69, 9.17) is 9.84 Å². The molecule has 0 aliphatic heterocycles. The molecule has 3 nitrogen and oxygen atoms in total. The van der Waals surface area contributed by atoms with E-state index in [0.29, 0.717) is 0 Å². The first-order valence-electron chi connectivity index (χ1n) is 6.27. The highest BCUT2D eigenvalue weighted by molar-refractivity contribution is 5.28. The summed E-state index contributed by atoms with van der Waals surface area (Å²) in [6, 6.07) is 8.46. The van der Waals surface area contributed by atoms with E-state index in [2.05, 4.69) is 31.3 Å². The molecule has 3 heteroatoms. The monoisotopic (exact) mass is 237 g/mol. The minimum Gasteiger partial charge on any atom is -0.494 e. The lowest BCUT2D eigenvalue weighted by atomic mass is 10.1. The topological polar surface area (TPSA) is 41.5 Å². The Balaban J connectivity index is 2.54. The van der Waals surface area contributed by atoms with Gasteiger partial charge in [-0.25, -0.2) is 0 Å². The molecule has 0 heterocycles. The van der Waals surface area contributed by atoms with Crippen LogP contribution in [0.2, 0.25) is 0 Å². The predicted octanol–water partition coefficient (Wildman–Crippen LogP) is 2.51. The van der Waals surface area contributed by atoms with Crippen LogP contribution >= 0.6 is 0 Å². The molecular formula is C14H23NO2. The Bertz CT molecular complexity index is 311. The molecule has 0 saturated heterocycles. The summed E-state index contributed by atoms with van der Waals surface area (Å²) in [5.74, 6) is 0.915. The van der Waals surface area contributed by atoms with Gasteiger partial charge < -0.3 is 15.2 Å². The summed E-state index contributed by atoms with van der Waals surface area (Å²) in [6.07, 6.45) is 1.02. The Morgan fingerprint density at radius 1 is 1.24 bits per heavy atom. The van der Waals surface area contributed by atoms with Crippen molar-refractivity contribution in [3.63, 3.8) is 0 Å². The largest absolute Gasteiger partial charge is 0.494 e. The molecule has 0 radical (unpaired) electrons. The number of ether oxygens (including phenoxy) is 1. The van der Waals surface area contributed by atoms with Crippen LogP contribution in [0.4, 0.5) is 0 Å². The maximum Gasteiger partial charge on any atom is 0.119 e. The van der Waals surface area contributed by atoms with Gasteiger partial charge in [0.25, 0.3) is 0 Å². The zero-order chi connectivity index (χ0) is 12.7. The van der Waals surface area contributed by atoms with Crippen LogP contribution in [0.1, 0.15) is 38.8 Å². The fourth-order valence-corrected chi connectivity index (χ4v) is 1.65. The quantitative estimate of drug-likeness (QED) is 0.765. The maximum absolute atomic E-state index is 8.99. The SMILES string of the molecule is CCCOc1ccc(C(C)N[C@H](C)CO)cc1. The van der Waals surface area contributed by atoms with E-state index in [1.807, 2.05) is 19.1 Å². The normalized spacial score (nSPS) is 14.4. The van der Waals surface area contributed by atoms with Gasteiger partial charge in [-0.2, -0.15) is 0 Å². The van der Waals surface area contributed by atoms with Crippen LogP contribution in [0.15, 0.2) is 24.3 Å². The fourth-order valence-electron chi connectivity index (χ4n) is 1.65. The first kappa shape index (κ1) is 14.0. The number of benzene rings is 1. The Morgan fingerprint density at radius 3 is 2.41 bits per heavy atom. The molecular weight excluding hydrogens is 214 g/mol. The van der Waals surface area contributed by atoms with E-state index >= 15 is 0 Å². The summed E-state index contributed by atoms with van der Waals surface area (Å²) >= 11 is 0. The van der Waals surface area contributed by atoms with E-state index in [9.17, 15) is 0 Å². The average molecular weight is 237 g/mol. The van der Waals surface area contributed by atoms with Gasteiger partial charge in [-0.05, 0) is 38.0 Å². The van der Waals surface area contributed by atoms with Crippen molar-refractivity contribution in [3.05, 3.63) is 29.8 Å². The molecule has 0 aliphatic carbocycles. The second-order valence-electron chi connectivity index (χ2n) is 4.39. The molecule has 1 aromatic carbocycles. The zero-order valence-corrected chi connectivity index (χ0v) is 10.9. The molecule has 1 rings (SSSR count). The van der Waals surface area contributed by atoms with E-state index in [1.54, 1.807) is 0 Å². The zero-order valence-electron chi connectivity index (χ0n) is 10.9. The molecule has 0 saturated carbocycles. The molecule has 0 aliphatic rings. The molecule has 17 heavy (non-hydrogen) atoms. The van der Waals surface area contributed by atoms with Gasteiger partial charge in [-0.15, -0.1) is 0 Å². The van der Waals surface area contributed by atoms with Gasteiger partial charge in [-0.3, -0.25) is 0 Å². The number of hydrogen-bond acceptors (Lipinski definition) is 3. The van der Waals surface area contributed by atoms with Crippen LogP contribution < -0.4 is 10.1 Å². The van der Waals surface area contributed by atoms with Crippen molar-refractivity contribution in [2.75, 3.05) is 13.2 Å². The predicted molar refractivity (Wildman–Crippen MR) is 70.3 cm³/mol. The van der Waals surface area contributed by atoms with Crippen LogP contribution in [-0.4, -0.2) is 24.4 Å². The number of aliphatic hydroxyl groups is 1. The molecule has 1 unspecified atom stereocenters. The fraction of sp³-hybridized carbons (Fsp3) is 0.571. The smallest absolute Gasteiger partial charge is 0.119 e. The van der Waals surface area contributed by atoms with Crippen molar-refractivity contribution in [1.82, 2.24) is 5.32 Å². The molecule has 0 aromatic heterocycles. The Kier molecular flexibility index (Phi) is 6.01. The first-order chi connectivity index (χ1) is 8.17. The number of rotatable bonds is 7. The lowest BCUT2D eigenvalue weighted by Crippen LogP contribution is -2.31. The van der Waals surface area contributed by atoms with E-state index in [1.165, 1.54) is 5.56 Å². The van der Waals surface area contributed by atoms with Gasteiger partial charge in [-0.1, -0.05) is 19.1 Å². The average Bonchev–Trinajstić information content (AvgIpc) is 2.36. The van der Waals surface area contributed by atoms with Gasteiger partial charge in [0.2, 0.25) is 0 Å². The lowest BCUT2D eigenvalue weighted by Gasteiger charge is -2.18. The number of nitrogens with one attached hydrogen (secondary N) is 1. The minimum atomic E-state index is 0.112. The van der Waals surface area contributed by atoms with Gasteiger partial charge >= 0.3 is 0 Å². The molecule has 0 amide bonds. The Labute approximate surface area is 104 Å². The summed E-state index contributed by atoms with van der Waals surface area (Å²) in [7, 11) is 0. The molecule has 96 valence electrons. The summed E-state index contributed by atoms with van der Waals surface area (Å²) in [6.45, 7) is 7.07. The van der Waals surface area contributed by atoms with Crippen LogP contribution in [0, 0.1) is 0 Å². The highest BCUT2D eigenvalue weighted by Crippen LogP contribution is 2.18. The summed E-state index contributed by atoms with van der Waals surface area (Å²) in [5.41, 5.74) is 1.20. The van der Waals surface area contributed by atoms with Gasteiger partial charge in [0.1, 0.15) is 5.75 Å². The van der Waals surface area contributed by atoms with Crippen LogP contribution in [0.25, 0.3) is 0 Å². The van der Waals surface area contributed by atoms with Crippen molar-refractivity contribution in [2.24, 2.45) is 0 Å². The lowest BCUT2D eigenvalue weighted by molar-refractivity contribution is 0.243. The maximum atomic E-state index is 8.99. The van der Waals surface area contributed by atoms with Gasteiger partial charge in [0, 0.05) is 12.1 Å². The molecule has 0 fully saturated rings. The third kappa shape index (κ3) is 4.75. The van der Waals surface area contributed by atoms with E-state index < -0.39 is 0 Å². The van der Waals surface area contributed by atoms with Crippen molar-refractivity contribution in [3.8, 4) is 5.75 Å². The van der Waals surface area contributed by atoms with E-state index in [-0.39, 0.29) is 18.7 Å².